The molecule has 0 spiro atoms. The van der Waals surface area contributed by atoms with Gasteiger partial charge in [-0.25, -0.2) is 9.18 Å². The standard InChI is InChI=1S/C9H5F9O2/c1-3(2)4(19)20-9(17,18)5(10)6(11,12)8(15,16)7(5,13)14/h1H2,2H3. The molecule has 0 aromatic carbocycles. The molecule has 0 aromatic rings. The van der Waals surface area contributed by atoms with Gasteiger partial charge in [-0.05, 0) is 6.92 Å². The predicted octanol–water partition coefficient (Wildman–Crippen LogP) is 3.33. The molecule has 0 N–H and O–H groups in total. The summed E-state index contributed by atoms with van der Waals surface area (Å²) in [5.41, 5.74) is -7.24. The van der Waals surface area contributed by atoms with Crippen molar-refractivity contribution >= 4 is 5.97 Å². The minimum absolute atomic E-state index is 0.717. The molecule has 0 aromatic heterocycles. The summed E-state index contributed by atoms with van der Waals surface area (Å²) in [6, 6.07) is 0. The van der Waals surface area contributed by atoms with Gasteiger partial charge in [-0.3, -0.25) is 0 Å². The summed E-state index contributed by atoms with van der Waals surface area (Å²) < 4.78 is 118. The van der Waals surface area contributed by atoms with Crippen LogP contribution in [0.1, 0.15) is 6.92 Å². The largest absolute Gasteiger partial charge is 0.448 e. The SMILES string of the molecule is C=C(C)C(=O)OC(F)(F)C1(F)C(F)(F)C(F)(F)C1(F)F. The number of ether oxygens (including phenoxy) is 1. The predicted molar refractivity (Wildman–Crippen MR) is 44.5 cm³/mol. The minimum Gasteiger partial charge on any atom is -0.395 e. The van der Waals surface area contributed by atoms with Gasteiger partial charge in [-0.15, -0.1) is 0 Å². The zero-order chi connectivity index (χ0) is 16.4. The number of rotatable bonds is 3. The maximum atomic E-state index is 13.3. The van der Waals surface area contributed by atoms with Gasteiger partial charge >= 0.3 is 35.5 Å². The molecule has 0 aliphatic heterocycles. The van der Waals surface area contributed by atoms with Crippen LogP contribution in [0.2, 0.25) is 0 Å². The molecule has 0 unspecified atom stereocenters. The zero-order valence-corrected chi connectivity index (χ0v) is 9.43. The van der Waals surface area contributed by atoms with Crippen LogP contribution in [0.4, 0.5) is 39.5 Å². The fraction of sp³-hybridized carbons (Fsp3) is 0.667. The molecule has 1 saturated carbocycles. The van der Waals surface area contributed by atoms with Crippen molar-refractivity contribution in [2.24, 2.45) is 0 Å². The second kappa shape index (κ2) is 3.82. The van der Waals surface area contributed by atoms with E-state index in [0.29, 0.717) is 0 Å². The van der Waals surface area contributed by atoms with E-state index in [1.165, 1.54) is 0 Å². The fourth-order valence-corrected chi connectivity index (χ4v) is 1.40. The summed E-state index contributed by atoms with van der Waals surface area (Å²) in [6.45, 7) is 3.43. The van der Waals surface area contributed by atoms with Gasteiger partial charge in [-0.2, -0.15) is 35.1 Å². The average Bonchev–Trinajstić information content (AvgIpc) is 2.25. The molecule has 0 amide bonds. The number of carbonyl (C=O) groups excluding carboxylic acids is 1. The molecular formula is C9H5F9O2. The van der Waals surface area contributed by atoms with Gasteiger partial charge < -0.3 is 4.74 Å². The molecule has 0 saturated heterocycles. The first-order chi connectivity index (χ1) is 8.58. The lowest BCUT2D eigenvalue weighted by molar-refractivity contribution is -0.528. The Morgan fingerprint density at radius 1 is 0.950 bits per heavy atom. The van der Waals surface area contributed by atoms with Crippen molar-refractivity contribution in [1.82, 2.24) is 0 Å². The van der Waals surface area contributed by atoms with E-state index in [1.54, 1.807) is 0 Å². The number of hydrogen-bond acceptors (Lipinski definition) is 2. The first kappa shape index (κ1) is 16.6. The van der Waals surface area contributed by atoms with Crippen LogP contribution in [0.25, 0.3) is 0 Å². The Morgan fingerprint density at radius 2 is 1.30 bits per heavy atom. The highest BCUT2D eigenvalue weighted by Crippen LogP contribution is 2.72. The first-order valence-corrected chi connectivity index (χ1v) is 4.67. The maximum Gasteiger partial charge on any atom is 0.448 e. The highest BCUT2D eigenvalue weighted by molar-refractivity contribution is 5.87. The highest BCUT2D eigenvalue weighted by atomic mass is 19.4. The lowest BCUT2D eigenvalue weighted by Gasteiger charge is -2.54. The number of alkyl halides is 9. The molecule has 0 bridgehead atoms. The average molecular weight is 316 g/mol. The van der Waals surface area contributed by atoms with Gasteiger partial charge in [0.05, 0.1) is 0 Å². The molecule has 0 radical (unpaired) electrons. The van der Waals surface area contributed by atoms with E-state index in [2.05, 4.69) is 11.3 Å². The van der Waals surface area contributed by atoms with Crippen LogP contribution in [-0.2, 0) is 9.53 Å². The van der Waals surface area contributed by atoms with Crippen molar-refractivity contribution < 1.29 is 49.0 Å². The van der Waals surface area contributed by atoms with Crippen molar-refractivity contribution in [3.63, 3.8) is 0 Å². The van der Waals surface area contributed by atoms with Crippen LogP contribution >= 0.6 is 0 Å². The summed E-state index contributed by atoms with van der Waals surface area (Å²) in [6.07, 6.45) is -6.20. The molecule has 1 aliphatic carbocycles. The van der Waals surface area contributed by atoms with Crippen molar-refractivity contribution in [2.75, 3.05) is 0 Å². The topological polar surface area (TPSA) is 26.3 Å². The van der Waals surface area contributed by atoms with E-state index in [4.69, 9.17) is 0 Å². The lowest BCUT2D eigenvalue weighted by atomic mass is 9.68. The Bertz CT molecular complexity index is 450. The van der Waals surface area contributed by atoms with Gasteiger partial charge in [0, 0.05) is 5.57 Å². The van der Waals surface area contributed by atoms with Gasteiger partial charge in [0.15, 0.2) is 0 Å². The van der Waals surface area contributed by atoms with Crippen LogP contribution in [0, 0.1) is 0 Å². The summed E-state index contributed by atoms with van der Waals surface area (Å²) >= 11 is 0. The van der Waals surface area contributed by atoms with Crippen molar-refractivity contribution in [1.29, 1.82) is 0 Å². The number of carbonyl (C=O) groups is 1. The molecule has 0 atom stereocenters. The van der Waals surface area contributed by atoms with Gasteiger partial charge in [0.25, 0.3) is 0 Å². The summed E-state index contributed by atoms with van der Waals surface area (Å²) in [5, 5.41) is 0. The molecular weight excluding hydrogens is 311 g/mol. The fourth-order valence-electron chi connectivity index (χ4n) is 1.40. The quantitative estimate of drug-likeness (QED) is 0.453. The van der Waals surface area contributed by atoms with Gasteiger partial charge in [-0.1, -0.05) is 6.58 Å². The molecule has 20 heavy (non-hydrogen) atoms. The van der Waals surface area contributed by atoms with E-state index in [1.807, 2.05) is 0 Å². The molecule has 1 fully saturated rings. The number of esters is 1. The van der Waals surface area contributed by atoms with E-state index in [9.17, 15) is 44.3 Å². The molecule has 1 rings (SSSR count). The van der Waals surface area contributed by atoms with Crippen LogP contribution in [0.3, 0.4) is 0 Å². The molecule has 116 valence electrons. The van der Waals surface area contributed by atoms with E-state index < -0.39 is 41.1 Å². The third-order valence-corrected chi connectivity index (χ3v) is 2.62. The van der Waals surface area contributed by atoms with E-state index in [-0.39, 0.29) is 0 Å². The Morgan fingerprint density at radius 3 is 1.60 bits per heavy atom. The Kier molecular flexibility index (Phi) is 3.17. The van der Waals surface area contributed by atoms with Crippen molar-refractivity contribution in [2.45, 2.75) is 36.5 Å². The zero-order valence-electron chi connectivity index (χ0n) is 9.43. The van der Waals surface area contributed by atoms with Crippen LogP contribution in [0.15, 0.2) is 12.2 Å². The Labute approximate surface area is 105 Å². The maximum absolute atomic E-state index is 13.3. The van der Waals surface area contributed by atoms with Gasteiger partial charge in [0.1, 0.15) is 0 Å². The second-order valence-corrected chi connectivity index (χ2v) is 4.07. The van der Waals surface area contributed by atoms with Crippen LogP contribution in [-0.4, -0.2) is 35.5 Å². The summed E-state index contributed by atoms with van der Waals surface area (Å²) in [5.74, 6) is -21.4. The van der Waals surface area contributed by atoms with Crippen LogP contribution in [0.5, 0.6) is 0 Å². The molecule has 0 heterocycles. The first-order valence-electron chi connectivity index (χ1n) is 4.67. The third kappa shape index (κ3) is 1.46. The van der Waals surface area contributed by atoms with Crippen LogP contribution < -0.4 is 0 Å². The number of hydrogen-bond donors (Lipinski definition) is 0. The normalized spacial score (nSPS) is 25.5. The lowest BCUT2D eigenvalue weighted by Crippen LogP contribution is -2.89. The van der Waals surface area contributed by atoms with E-state index >= 15 is 0 Å². The van der Waals surface area contributed by atoms with Crippen molar-refractivity contribution in [3.05, 3.63) is 12.2 Å². The highest BCUT2D eigenvalue weighted by Gasteiger charge is 3.07. The minimum atomic E-state index is -6.44. The molecule has 1 aliphatic rings. The summed E-state index contributed by atoms with van der Waals surface area (Å²) in [4.78, 5) is 10.7. The number of halogens is 9. The second-order valence-electron chi connectivity index (χ2n) is 4.07. The smallest absolute Gasteiger partial charge is 0.395 e. The van der Waals surface area contributed by atoms with E-state index in [0.717, 1.165) is 6.92 Å². The van der Waals surface area contributed by atoms with Crippen molar-refractivity contribution in [3.8, 4) is 0 Å². The molecule has 2 nitrogen and oxygen atoms in total. The summed E-state index contributed by atoms with van der Waals surface area (Å²) in [7, 11) is 0. The third-order valence-electron chi connectivity index (χ3n) is 2.62. The monoisotopic (exact) mass is 316 g/mol. The Balaban J connectivity index is 3.29. The molecule has 11 heteroatoms. The Hall–Kier alpha value is -1.42. The van der Waals surface area contributed by atoms with Gasteiger partial charge in [0.2, 0.25) is 0 Å².